The van der Waals surface area contributed by atoms with E-state index in [1.807, 2.05) is 31.2 Å². The summed E-state index contributed by atoms with van der Waals surface area (Å²) < 4.78 is 41.9. The number of halogens is 3. The molecule has 24 heavy (non-hydrogen) atoms. The summed E-state index contributed by atoms with van der Waals surface area (Å²) in [6.07, 6.45) is 1.76. The number of rotatable bonds is 2. The molecular weight excluding hydrogens is 313 g/mol. The molecule has 5 heteroatoms. The summed E-state index contributed by atoms with van der Waals surface area (Å²) >= 11 is 0. The highest BCUT2D eigenvalue weighted by Gasteiger charge is 2.25. The number of aryl methyl sites for hydroxylation is 1. The number of hydrogen-bond acceptors (Lipinski definition) is 2. The van der Waals surface area contributed by atoms with E-state index in [0.29, 0.717) is 29.0 Å². The van der Waals surface area contributed by atoms with E-state index in [0.717, 1.165) is 11.1 Å². The minimum atomic E-state index is -0.936. The molecule has 0 aromatic heterocycles. The zero-order valence-electron chi connectivity index (χ0n) is 13.6. The zero-order chi connectivity index (χ0) is 17.4. The van der Waals surface area contributed by atoms with Crippen molar-refractivity contribution in [3.63, 3.8) is 0 Å². The summed E-state index contributed by atoms with van der Waals surface area (Å²) in [5.74, 6) is -2.79. The molecule has 1 aliphatic rings. The third-order valence-corrected chi connectivity index (χ3v) is 3.93. The lowest BCUT2D eigenvalue weighted by Gasteiger charge is -2.29. The first-order chi connectivity index (χ1) is 11.4. The molecule has 0 unspecified atom stereocenters. The van der Waals surface area contributed by atoms with Gasteiger partial charge in [0.2, 0.25) is 0 Å². The van der Waals surface area contributed by atoms with Crippen LogP contribution in [0.15, 0.2) is 48.3 Å². The van der Waals surface area contributed by atoms with Crippen LogP contribution in [0.1, 0.15) is 23.6 Å². The second-order valence-corrected chi connectivity index (χ2v) is 5.88. The minimum Gasteiger partial charge on any atom is -0.303 e. The Morgan fingerprint density at radius 3 is 2.08 bits per heavy atom. The van der Waals surface area contributed by atoms with Crippen LogP contribution >= 0.6 is 0 Å². The predicted molar refractivity (Wildman–Crippen MR) is 89.0 cm³/mol. The van der Waals surface area contributed by atoms with Crippen LogP contribution in [-0.4, -0.2) is 12.1 Å². The smallest absolute Gasteiger partial charge is 0.136 e. The van der Waals surface area contributed by atoms with Crippen molar-refractivity contribution in [2.75, 3.05) is 7.05 Å². The van der Waals surface area contributed by atoms with Gasteiger partial charge in [-0.3, -0.25) is 5.01 Å². The molecule has 2 aromatic rings. The Bertz CT molecular complexity index is 828. The molecule has 0 amide bonds. The van der Waals surface area contributed by atoms with Crippen molar-refractivity contribution in [1.82, 2.24) is 10.4 Å². The van der Waals surface area contributed by atoms with Gasteiger partial charge in [0.05, 0.1) is 5.56 Å². The van der Waals surface area contributed by atoms with E-state index in [1.165, 1.54) is 0 Å². The average Bonchev–Trinajstić information content (AvgIpc) is 2.49. The first kappa shape index (κ1) is 16.2. The molecule has 0 saturated heterocycles. The molecule has 0 saturated carbocycles. The second-order valence-electron chi connectivity index (χ2n) is 5.88. The van der Waals surface area contributed by atoms with Gasteiger partial charge < -0.3 is 5.43 Å². The van der Waals surface area contributed by atoms with E-state index in [-0.39, 0.29) is 5.56 Å². The molecule has 0 fully saturated rings. The summed E-state index contributed by atoms with van der Waals surface area (Å²) in [5, 5.41) is 1.72. The quantitative estimate of drug-likeness (QED) is 0.863. The Morgan fingerprint density at radius 2 is 1.50 bits per heavy atom. The maximum absolute atomic E-state index is 14.3. The monoisotopic (exact) mass is 330 g/mol. The van der Waals surface area contributed by atoms with Crippen molar-refractivity contribution in [3.8, 4) is 0 Å². The lowest BCUT2D eigenvalue weighted by Crippen LogP contribution is -2.32. The molecule has 0 aliphatic carbocycles. The topological polar surface area (TPSA) is 15.3 Å². The number of nitrogens with zero attached hydrogens (tertiary/aromatic N) is 1. The third-order valence-electron chi connectivity index (χ3n) is 3.93. The highest BCUT2D eigenvalue weighted by Crippen LogP contribution is 2.38. The maximum atomic E-state index is 14.3. The number of allylic oxidation sites excluding steroid dienone is 3. The molecular formula is C19H17F3N2. The Morgan fingerprint density at radius 1 is 0.917 bits per heavy atom. The molecule has 2 nitrogen and oxygen atoms in total. The first-order valence-corrected chi connectivity index (χ1v) is 7.51. The molecule has 1 heterocycles. The van der Waals surface area contributed by atoms with Crippen LogP contribution in [0.4, 0.5) is 13.2 Å². The van der Waals surface area contributed by atoms with Crippen molar-refractivity contribution in [2.24, 2.45) is 0 Å². The molecule has 0 spiro atoms. The molecule has 2 aromatic carbocycles. The Hall–Kier alpha value is -2.69. The van der Waals surface area contributed by atoms with E-state index in [2.05, 4.69) is 5.43 Å². The minimum absolute atomic E-state index is 0.235. The molecule has 0 atom stereocenters. The average molecular weight is 330 g/mol. The SMILES string of the molecule is CC1=C(c2c(F)cc(F)cc2F)C(c2ccc(C)cc2)=CN(C)N1. The Balaban J connectivity index is 2.22. The first-order valence-electron chi connectivity index (χ1n) is 7.51. The van der Waals surface area contributed by atoms with E-state index >= 15 is 0 Å². The van der Waals surface area contributed by atoms with Crippen molar-refractivity contribution in [3.05, 3.63) is 82.4 Å². The standard InChI is InChI=1S/C19H17F3N2/c1-11-4-6-13(7-5-11)15-10-24(3)23-12(2)18(15)19-16(21)8-14(20)9-17(19)22/h4-10,23H,1-3H3. The van der Waals surface area contributed by atoms with Gasteiger partial charge in [0.1, 0.15) is 17.5 Å². The number of benzene rings is 2. The van der Waals surface area contributed by atoms with Gasteiger partial charge in [-0.25, -0.2) is 13.2 Å². The van der Waals surface area contributed by atoms with Crippen molar-refractivity contribution >= 4 is 11.1 Å². The van der Waals surface area contributed by atoms with Crippen LogP contribution in [0.5, 0.6) is 0 Å². The largest absolute Gasteiger partial charge is 0.303 e. The third kappa shape index (κ3) is 2.89. The number of hydrazine groups is 1. The molecule has 1 N–H and O–H groups in total. The fraction of sp³-hybridized carbons (Fsp3) is 0.158. The van der Waals surface area contributed by atoms with Gasteiger partial charge in [-0.05, 0) is 19.4 Å². The molecule has 124 valence electrons. The summed E-state index contributed by atoms with van der Waals surface area (Å²) in [6, 6.07) is 9.05. The fourth-order valence-electron chi connectivity index (χ4n) is 2.87. The fourth-order valence-corrected chi connectivity index (χ4v) is 2.87. The van der Waals surface area contributed by atoms with Gasteiger partial charge in [-0.2, -0.15) is 0 Å². The van der Waals surface area contributed by atoms with Gasteiger partial charge in [0.25, 0.3) is 0 Å². The van der Waals surface area contributed by atoms with Crippen molar-refractivity contribution < 1.29 is 13.2 Å². The van der Waals surface area contributed by atoms with Gasteiger partial charge in [0.15, 0.2) is 0 Å². The predicted octanol–water partition coefficient (Wildman–Crippen LogP) is 4.63. The second kappa shape index (κ2) is 6.07. The maximum Gasteiger partial charge on any atom is 0.136 e. The highest BCUT2D eigenvalue weighted by atomic mass is 19.1. The van der Waals surface area contributed by atoms with E-state index in [1.54, 1.807) is 25.2 Å². The van der Waals surface area contributed by atoms with E-state index < -0.39 is 17.5 Å². The molecule has 1 aliphatic heterocycles. The lowest BCUT2D eigenvalue weighted by molar-refractivity contribution is 0.368. The van der Waals surface area contributed by atoms with Gasteiger partial charge >= 0.3 is 0 Å². The van der Waals surface area contributed by atoms with Crippen molar-refractivity contribution in [1.29, 1.82) is 0 Å². The normalized spacial score (nSPS) is 14.6. The van der Waals surface area contributed by atoms with Gasteiger partial charge in [-0.1, -0.05) is 29.8 Å². The van der Waals surface area contributed by atoms with Crippen LogP contribution in [-0.2, 0) is 0 Å². The van der Waals surface area contributed by atoms with Crippen LogP contribution in [0.25, 0.3) is 11.1 Å². The molecule has 0 radical (unpaired) electrons. The van der Waals surface area contributed by atoms with Gasteiger partial charge in [-0.15, -0.1) is 0 Å². The highest BCUT2D eigenvalue weighted by molar-refractivity contribution is 6.06. The van der Waals surface area contributed by atoms with Crippen LogP contribution in [0.3, 0.4) is 0 Å². The molecule has 0 bridgehead atoms. The zero-order valence-corrected chi connectivity index (χ0v) is 13.6. The van der Waals surface area contributed by atoms with Crippen molar-refractivity contribution in [2.45, 2.75) is 13.8 Å². The lowest BCUT2D eigenvalue weighted by atomic mass is 9.89. The Labute approximate surface area is 138 Å². The number of hydrogen-bond donors (Lipinski definition) is 1. The molecule has 3 rings (SSSR count). The van der Waals surface area contributed by atoms with Crippen LogP contribution in [0.2, 0.25) is 0 Å². The van der Waals surface area contributed by atoms with Crippen LogP contribution < -0.4 is 5.43 Å². The summed E-state index contributed by atoms with van der Waals surface area (Å²) in [4.78, 5) is 0. The summed E-state index contributed by atoms with van der Waals surface area (Å²) in [6.45, 7) is 3.70. The number of nitrogens with one attached hydrogen (secondary N) is 1. The van der Waals surface area contributed by atoms with Gasteiger partial charge in [0, 0.05) is 42.2 Å². The summed E-state index contributed by atoms with van der Waals surface area (Å²) in [7, 11) is 1.80. The Kier molecular flexibility index (Phi) is 4.09. The van der Waals surface area contributed by atoms with E-state index in [9.17, 15) is 13.2 Å². The van der Waals surface area contributed by atoms with E-state index in [4.69, 9.17) is 0 Å². The summed E-state index contributed by atoms with van der Waals surface area (Å²) in [5.41, 5.74) is 6.32. The van der Waals surface area contributed by atoms with Crippen LogP contribution in [0, 0.1) is 24.4 Å².